The average Bonchev–Trinajstić information content (AvgIpc) is 3.31. The van der Waals surface area contributed by atoms with Crippen LogP contribution in [0.15, 0.2) is 4.99 Å². The third kappa shape index (κ3) is 5.69. The Morgan fingerprint density at radius 3 is 2.61 bits per heavy atom. The zero-order valence-electron chi connectivity index (χ0n) is 16.4. The minimum Gasteiger partial charge on any atom is -0.356 e. The molecule has 28 heavy (non-hydrogen) atoms. The molecule has 2 aliphatic rings. The number of hydrogen-bond acceptors (Lipinski definition) is 6. The first-order valence-electron chi connectivity index (χ1n) is 9.70. The molecule has 3 rings (SSSR count). The molecule has 7 nitrogen and oxygen atoms in total. The number of piperazine rings is 1. The summed E-state index contributed by atoms with van der Waals surface area (Å²) in [6.07, 6.45) is -2.50. The number of likely N-dealkylation sites (tertiary alicyclic amines) is 1. The van der Waals surface area contributed by atoms with Crippen molar-refractivity contribution in [1.29, 1.82) is 0 Å². The Bertz CT molecular complexity index is 655. The van der Waals surface area contributed by atoms with Gasteiger partial charge in [0.25, 0.3) is 0 Å². The van der Waals surface area contributed by atoms with E-state index in [-0.39, 0.29) is 5.92 Å². The predicted molar refractivity (Wildman–Crippen MR) is 105 cm³/mol. The molecule has 1 aromatic heterocycles. The third-order valence-electron chi connectivity index (χ3n) is 5.16. The topological polar surface area (TPSA) is 59.9 Å². The van der Waals surface area contributed by atoms with Crippen LogP contribution in [0.25, 0.3) is 0 Å². The van der Waals surface area contributed by atoms with Crippen LogP contribution in [0.4, 0.5) is 18.3 Å². The van der Waals surface area contributed by atoms with E-state index in [1.165, 1.54) is 16.4 Å². The maximum absolute atomic E-state index is 12.5. The second-order valence-corrected chi connectivity index (χ2v) is 7.98. The number of aryl methyl sites for hydroxylation is 1. The van der Waals surface area contributed by atoms with Gasteiger partial charge in [0.1, 0.15) is 5.82 Å². The van der Waals surface area contributed by atoms with Gasteiger partial charge in [0.05, 0.1) is 6.54 Å². The normalized spacial score (nSPS) is 22.2. The van der Waals surface area contributed by atoms with Gasteiger partial charge in [0, 0.05) is 64.3 Å². The van der Waals surface area contributed by atoms with Crippen molar-refractivity contribution in [3.8, 4) is 0 Å². The van der Waals surface area contributed by atoms with Gasteiger partial charge in [-0.1, -0.05) is 6.92 Å². The van der Waals surface area contributed by atoms with E-state index in [0.29, 0.717) is 19.6 Å². The van der Waals surface area contributed by atoms with Crippen molar-refractivity contribution in [1.82, 2.24) is 24.5 Å². The minimum atomic E-state index is -4.12. The van der Waals surface area contributed by atoms with Gasteiger partial charge in [-0.05, 0) is 18.9 Å². The van der Waals surface area contributed by atoms with Crippen LogP contribution in [-0.4, -0.2) is 90.7 Å². The number of nitrogens with one attached hydrogen (secondary N) is 1. The van der Waals surface area contributed by atoms with E-state index in [1.807, 2.05) is 6.92 Å². The van der Waals surface area contributed by atoms with E-state index in [2.05, 4.69) is 29.5 Å². The lowest BCUT2D eigenvalue weighted by Gasteiger charge is -2.36. The molecule has 0 spiro atoms. The Kier molecular flexibility index (Phi) is 6.97. The fraction of sp³-hybridized carbons (Fsp3) is 0.824. The molecule has 1 unspecified atom stereocenters. The summed E-state index contributed by atoms with van der Waals surface area (Å²) in [6.45, 7) is 6.22. The Balaban J connectivity index is 1.43. The molecule has 0 radical (unpaired) electrons. The predicted octanol–water partition coefficient (Wildman–Crippen LogP) is 1.68. The Labute approximate surface area is 167 Å². The maximum atomic E-state index is 12.5. The largest absolute Gasteiger partial charge is 0.401 e. The van der Waals surface area contributed by atoms with Gasteiger partial charge in [-0.2, -0.15) is 17.5 Å². The number of aromatic nitrogens is 2. The van der Waals surface area contributed by atoms with Gasteiger partial charge in [0.2, 0.25) is 5.13 Å². The van der Waals surface area contributed by atoms with Gasteiger partial charge in [0.15, 0.2) is 5.96 Å². The molecule has 3 heterocycles. The van der Waals surface area contributed by atoms with Gasteiger partial charge in [-0.15, -0.1) is 0 Å². The van der Waals surface area contributed by atoms with Crippen molar-refractivity contribution in [3.05, 3.63) is 5.82 Å². The van der Waals surface area contributed by atoms with Crippen molar-refractivity contribution >= 4 is 22.6 Å². The Morgan fingerprint density at radius 2 is 2.00 bits per heavy atom. The molecular formula is C17H28F3N7S. The monoisotopic (exact) mass is 419 g/mol. The summed E-state index contributed by atoms with van der Waals surface area (Å²) in [4.78, 5) is 14.8. The standard InChI is InChI=1S/C17H28F3N7S/c1-3-14-23-16(28-24-14)27-8-6-26(7-9-27)15(21-2)22-10-13-4-5-25(11-13)12-17(18,19)20/h13H,3-12H2,1-2H3,(H,21,22). The van der Waals surface area contributed by atoms with Gasteiger partial charge >= 0.3 is 6.18 Å². The van der Waals surface area contributed by atoms with Crippen molar-refractivity contribution in [3.63, 3.8) is 0 Å². The second-order valence-electron chi connectivity index (χ2n) is 7.25. The average molecular weight is 420 g/mol. The van der Waals surface area contributed by atoms with E-state index in [9.17, 15) is 13.2 Å². The lowest BCUT2D eigenvalue weighted by molar-refractivity contribution is -0.143. The zero-order chi connectivity index (χ0) is 20.1. The molecule has 0 aromatic carbocycles. The Morgan fingerprint density at radius 1 is 1.25 bits per heavy atom. The molecule has 0 bridgehead atoms. The smallest absolute Gasteiger partial charge is 0.356 e. The molecule has 11 heteroatoms. The Hall–Kier alpha value is -1.62. The van der Waals surface area contributed by atoms with Crippen LogP contribution in [-0.2, 0) is 6.42 Å². The number of anilines is 1. The van der Waals surface area contributed by atoms with Crippen LogP contribution >= 0.6 is 11.5 Å². The van der Waals surface area contributed by atoms with Crippen LogP contribution < -0.4 is 10.2 Å². The summed E-state index contributed by atoms with van der Waals surface area (Å²) in [5, 5.41) is 4.32. The second kappa shape index (κ2) is 9.25. The van der Waals surface area contributed by atoms with E-state index in [1.54, 1.807) is 7.05 Å². The fourth-order valence-electron chi connectivity index (χ4n) is 3.67. The van der Waals surface area contributed by atoms with Crippen LogP contribution in [0.1, 0.15) is 19.2 Å². The van der Waals surface area contributed by atoms with Gasteiger partial charge in [-0.3, -0.25) is 9.89 Å². The summed E-state index contributed by atoms with van der Waals surface area (Å²) in [6, 6.07) is 0. The first kappa shape index (κ1) is 21.1. The lowest BCUT2D eigenvalue weighted by atomic mass is 10.1. The van der Waals surface area contributed by atoms with Crippen molar-refractivity contribution in [2.24, 2.45) is 10.9 Å². The molecule has 2 fully saturated rings. The highest BCUT2D eigenvalue weighted by molar-refractivity contribution is 7.09. The minimum absolute atomic E-state index is 0.217. The number of halogens is 3. The maximum Gasteiger partial charge on any atom is 0.401 e. The molecule has 0 saturated carbocycles. The van der Waals surface area contributed by atoms with E-state index in [4.69, 9.17) is 0 Å². The molecule has 2 saturated heterocycles. The van der Waals surface area contributed by atoms with E-state index < -0.39 is 12.7 Å². The fourth-order valence-corrected chi connectivity index (χ4v) is 4.47. The molecule has 1 N–H and O–H groups in total. The SMILES string of the molecule is CCc1nsc(N2CCN(C(=NC)NCC3CCN(CC(F)(F)F)C3)CC2)n1. The van der Waals surface area contributed by atoms with E-state index >= 15 is 0 Å². The molecule has 1 aromatic rings. The lowest BCUT2D eigenvalue weighted by Crippen LogP contribution is -2.53. The van der Waals surface area contributed by atoms with Crippen molar-refractivity contribution in [2.45, 2.75) is 25.9 Å². The molecule has 1 atom stereocenters. The molecule has 2 aliphatic heterocycles. The number of alkyl halides is 3. The van der Waals surface area contributed by atoms with E-state index in [0.717, 1.165) is 55.9 Å². The molecule has 0 aliphatic carbocycles. The highest BCUT2D eigenvalue weighted by Gasteiger charge is 2.34. The number of guanidine groups is 1. The first-order chi connectivity index (χ1) is 13.4. The number of rotatable bonds is 5. The summed E-state index contributed by atoms with van der Waals surface area (Å²) in [7, 11) is 1.75. The van der Waals surface area contributed by atoms with Crippen LogP contribution in [0, 0.1) is 5.92 Å². The highest BCUT2D eigenvalue weighted by Crippen LogP contribution is 2.23. The summed E-state index contributed by atoms with van der Waals surface area (Å²) in [5.74, 6) is 1.92. The number of hydrogen-bond donors (Lipinski definition) is 1. The molecule has 158 valence electrons. The zero-order valence-corrected chi connectivity index (χ0v) is 17.2. The number of nitrogens with zero attached hydrogens (tertiary/aromatic N) is 6. The van der Waals surface area contributed by atoms with Gasteiger partial charge in [-0.25, -0.2) is 4.98 Å². The van der Waals surface area contributed by atoms with Crippen LogP contribution in [0.3, 0.4) is 0 Å². The third-order valence-corrected chi connectivity index (χ3v) is 5.97. The molecular weight excluding hydrogens is 391 g/mol. The quantitative estimate of drug-likeness (QED) is 0.579. The molecule has 0 amide bonds. The highest BCUT2D eigenvalue weighted by atomic mass is 32.1. The van der Waals surface area contributed by atoms with Gasteiger partial charge < -0.3 is 15.1 Å². The van der Waals surface area contributed by atoms with Crippen molar-refractivity contribution < 1.29 is 13.2 Å². The number of aliphatic imine (C=N–C) groups is 1. The summed E-state index contributed by atoms with van der Waals surface area (Å²) >= 11 is 1.44. The van der Waals surface area contributed by atoms with Crippen LogP contribution in [0.5, 0.6) is 0 Å². The van der Waals surface area contributed by atoms with Crippen molar-refractivity contribution in [2.75, 3.05) is 64.3 Å². The summed E-state index contributed by atoms with van der Waals surface area (Å²) in [5.41, 5.74) is 0. The summed E-state index contributed by atoms with van der Waals surface area (Å²) < 4.78 is 41.9. The van der Waals surface area contributed by atoms with Crippen LogP contribution in [0.2, 0.25) is 0 Å². The first-order valence-corrected chi connectivity index (χ1v) is 10.5.